The molecule has 0 aromatic heterocycles. The van der Waals surface area contributed by atoms with Crippen molar-refractivity contribution in [1.82, 2.24) is 0 Å². The van der Waals surface area contributed by atoms with E-state index in [0.29, 0.717) is 0 Å². The second-order valence-electron chi connectivity index (χ2n) is 9.26. The third kappa shape index (κ3) is 6.02. The lowest BCUT2D eigenvalue weighted by Crippen LogP contribution is -3.14. The first-order valence-corrected chi connectivity index (χ1v) is 10.9. The Balaban J connectivity index is 1.50. The molecule has 4 nitrogen and oxygen atoms in total. The number of nitrogens with one attached hydrogen (secondary N) is 1. The fourth-order valence-corrected chi connectivity index (χ4v) is 4.92. The van der Waals surface area contributed by atoms with Gasteiger partial charge in [0.15, 0.2) is 0 Å². The van der Waals surface area contributed by atoms with Crippen LogP contribution in [0.2, 0.25) is 0 Å². The number of morpholine rings is 1. The van der Waals surface area contributed by atoms with Gasteiger partial charge in [0.1, 0.15) is 13.1 Å². The van der Waals surface area contributed by atoms with Crippen molar-refractivity contribution in [3.8, 4) is 0 Å². The Morgan fingerprint density at radius 3 is 2.48 bits per heavy atom. The molecule has 0 aliphatic carbocycles. The number of rotatable bonds is 8. The highest BCUT2D eigenvalue weighted by atomic mass is 16.5. The van der Waals surface area contributed by atoms with Crippen LogP contribution in [0.5, 0.6) is 0 Å². The number of hydrogen-bond donors (Lipinski definition) is 2. The molecule has 27 heavy (non-hydrogen) atoms. The summed E-state index contributed by atoms with van der Waals surface area (Å²) in [5.74, 6) is 0. The van der Waals surface area contributed by atoms with Gasteiger partial charge in [-0.15, -0.1) is 0 Å². The molecule has 3 rings (SSSR count). The average Bonchev–Trinajstić information content (AvgIpc) is 2.65. The first kappa shape index (κ1) is 20.8. The largest absolute Gasteiger partial charge is 0.376 e. The van der Waals surface area contributed by atoms with Crippen molar-refractivity contribution >= 4 is 0 Å². The van der Waals surface area contributed by atoms with E-state index in [-0.39, 0.29) is 11.0 Å². The molecule has 1 atom stereocenters. The van der Waals surface area contributed by atoms with Gasteiger partial charge in [-0.3, -0.25) is 0 Å². The minimum Gasteiger partial charge on any atom is -0.376 e. The summed E-state index contributed by atoms with van der Waals surface area (Å²) in [4.78, 5) is 1.72. The van der Waals surface area contributed by atoms with Gasteiger partial charge in [-0.05, 0) is 39.2 Å². The molecule has 4 heteroatoms. The molecule has 2 heterocycles. The summed E-state index contributed by atoms with van der Waals surface area (Å²) < 4.78 is 11.5. The van der Waals surface area contributed by atoms with Gasteiger partial charge in [0.25, 0.3) is 0 Å². The Morgan fingerprint density at radius 1 is 1.04 bits per heavy atom. The maximum Gasteiger partial charge on any atom is 0.101 e. The van der Waals surface area contributed by atoms with Crippen LogP contribution in [0.3, 0.4) is 0 Å². The number of benzene rings is 1. The zero-order chi connectivity index (χ0) is 19.2. The van der Waals surface area contributed by atoms with Crippen molar-refractivity contribution in [2.24, 2.45) is 0 Å². The van der Waals surface area contributed by atoms with E-state index >= 15 is 0 Å². The number of hydrogen-bond acceptors (Lipinski definition) is 2. The topological polar surface area (TPSA) is 39.5 Å². The van der Waals surface area contributed by atoms with Crippen molar-refractivity contribution in [2.75, 3.05) is 52.5 Å². The zero-order valence-electron chi connectivity index (χ0n) is 17.7. The Kier molecular flexibility index (Phi) is 7.32. The van der Waals surface area contributed by atoms with Crippen molar-refractivity contribution in [3.63, 3.8) is 0 Å². The van der Waals surface area contributed by atoms with Crippen molar-refractivity contribution in [3.05, 3.63) is 35.4 Å². The molecule has 152 valence electrons. The van der Waals surface area contributed by atoms with Gasteiger partial charge in [-0.1, -0.05) is 29.8 Å². The van der Waals surface area contributed by atoms with E-state index in [1.165, 1.54) is 56.7 Å². The fraction of sp³-hybridized carbons (Fsp3) is 0.739. The average molecular weight is 377 g/mol. The quantitative estimate of drug-likeness (QED) is 0.667. The summed E-state index contributed by atoms with van der Waals surface area (Å²) in [5, 5.41) is 2.54. The molecule has 0 radical (unpaired) electrons. The van der Waals surface area contributed by atoms with E-state index in [1.807, 2.05) is 0 Å². The fourth-order valence-electron chi connectivity index (χ4n) is 4.92. The van der Waals surface area contributed by atoms with Crippen LogP contribution in [0.25, 0.3) is 0 Å². The highest BCUT2D eigenvalue weighted by Crippen LogP contribution is 2.43. The third-order valence-electron chi connectivity index (χ3n) is 6.47. The minimum absolute atomic E-state index is 0.0250. The summed E-state index contributed by atoms with van der Waals surface area (Å²) in [7, 11) is 0. The Labute approximate surface area is 165 Å². The molecule has 2 saturated heterocycles. The van der Waals surface area contributed by atoms with Crippen molar-refractivity contribution < 1.29 is 19.7 Å². The van der Waals surface area contributed by atoms with Crippen LogP contribution in [0.15, 0.2) is 24.3 Å². The van der Waals surface area contributed by atoms with Gasteiger partial charge in [0.05, 0.1) is 38.4 Å². The standard InChI is InChI=1S/C23H38N2O2/c1-20-5-7-21(8-6-20)23(10-16-27-22(2,3)19-23)9-12-24-11-4-13-25-14-17-26-18-15-25/h5-8,24H,4,9-19H2,1-3H3/p+2/t23-/m1/s1. The van der Waals surface area contributed by atoms with Gasteiger partial charge in [0.2, 0.25) is 0 Å². The summed E-state index contributed by atoms with van der Waals surface area (Å²) in [6.07, 6.45) is 4.81. The molecule has 2 aliphatic rings. The van der Waals surface area contributed by atoms with Gasteiger partial charge in [-0.2, -0.15) is 0 Å². The monoisotopic (exact) mass is 376 g/mol. The SMILES string of the molecule is Cc1ccc([C@]2(CC[NH2+]CCC[NH+]3CCOCC3)CCOC(C)(C)C2)cc1. The highest BCUT2D eigenvalue weighted by Gasteiger charge is 2.42. The molecular weight excluding hydrogens is 336 g/mol. The van der Waals surface area contributed by atoms with Gasteiger partial charge in [0, 0.05) is 24.9 Å². The van der Waals surface area contributed by atoms with Gasteiger partial charge < -0.3 is 19.7 Å². The summed E-state index contributed by atoms with van der Waals surface area (Å²) >= 11 is 0. The normalized spacial score (nSPS) is 26.2. The maximum absolute atomic E-state index is 6.05. The number of nitrogens with two attached hydrogens (primary N) is 1. The van der Waals surface area contributed by atoms with E-state index in [2.05, 4.69) is 50.4 Å². The van der Waals surface area contributed by atoms with Crippen LogP contribution < -0.4 is 10.2 Å². The minimum atomic E-state index is -0.0250. The van der Waals surface area contributed by atoms with E-state index in [1.54, 1.807) is 4.90 Å². The number of aryl methyl sites for hydroxylation is 1. The maximum atomic E-state index is 6.05. The first-order chi connectivity index (χ1) is 13.0. The van der Waals surface area contributed by atoms with Crippen LogP contribution >= 0.6 is 0 Å². The third-order valence-corrected chi connectivity index (χ3v) is 6.47. The second kappa shape index (κ2) is 9.51. The van der Waals surface area contributed by atoms with Crippen molar-refractivity contribution in [1.29, 1.82) is 0 Å². The van der Waals surface area contributed by atoms with Gasteiger partial charge in [-0.25, -0.2) is 0 Å². The second-order valence-corrected chi connectivity index (χ2v) is 9.26. The van der Waals surface area contributed by atoms with E-state index in [9.17, 15) is 0 Å². The van der Waals surface area contributed by atoms with E-state index in [4.69, 9.17) is 9.47 Å². The molecule has 0 amide bonds. The van der Waals surface area contributed by atoms with Crippen LogP contribution in [-0.2, 0) is 14.9 Å². The lowest BCUT2D eigenvalue weighted by Gasteiger charge is -2.45. The smallest absolute Gasteiger partial charge is 0.101 e. The molecule has 0 saturated carbocycles. The molecule has 2 aliphatic heterocycles. The molecule has 0 bridgehead atoms. The number of ether oxygens (including phenoxy) is 2. The predicted octanol–water partition coefficient (Wildman–Crippen LogP) is 1.08. The van der Waals surface area contributed by atoms with Crippen LogP contribution in [-0.4, -0.2) is 58.1 Å². The summed E-state index contributed by atoms with van der Waals surface area (Å²) in [6, 6.07) is 9.26. The number of quaternary nitrogens is 2. The zero-order valence-corrected chi connectivity index (χ0v) is 17.7. The summed E-state index contributed by atoms with van der Waals surface area (Å²) in [5.41, 5.74) is 3.09. The van der Waals surface area contributed by atoms with Crippen LogP contribution in [0.1, 0.15) is 50.7 Å². The molecule has 1 aromatic rings. The van der Waals surface area contributed by atoms with Crippen LogP contribution in [0.4, 0.5) is 0 Å². The van der Waals surface area contributed by atoms with E-state index < -0.39 is 0 Å². The summed E-state index contributed by atoms with van der Waals surface area (Å²) in [6.45, 7) is 15.6. The van der Waals surface area contributed by atoms with Crippen LogP contribution in [0, 0.1) is 6.92 Å². The molecular formula is C23H40N2O2+2. The Hall–Kier alpha value is -0.940. The first-order valence-electron chi connectivity index (χ1n) is 10.9. The molecule has 2 fully saturated rings. The lowest BCUT2D eigenvalue weighted by atomic mass is 9.67. The Bertz CT molecular complexity index is 566. The van der Waals surface area contributed by atoms with E-state index in [0.717, 1.165) is 32.7 Å². The lowest BCUT2D eigenvalue weighted by molar-refractivity contribution is -0.909. The highest BCUT2D eigenvalue weighted by molar-refractivity contribution is 5.30. The molecule has 3 N–H and O–H groups in total. The predicted molar refractivity (Wildman–Crippen MR) is 109 cm³/mol. The molecule has 0 spiro atoms. The molecule has 0 unspecified atom stereocenters. The Morgan fingerprint density at radius 2 is 1.78 bits per heavy atom. The van der Waals surface area contributed by atoms with Gasteiger partial charge >= 0.3 is 0 Å². The van der Waals surface area contributed by atoms with Crippen molar-refractivity contribution in [2.45, 2.75) is 57.5 Å². The molecule has 1 aromatic carbocycles.